The lowest BCUT2D eigenvalue weighted by atomic mass is 10.2. The molecule has 1 aromatic carbocycles. The summed E-state index contributed by atoms with van der Waals surface area (Å²) in [5.74, 6) is 1.54. The quantitative estimate of drug-likeness (QED) is 0.236. The van der Waals surface area contributed by atoms with Crippen molar-refractivity contribution < 1.29 is 22.6 Å². The van der Waals surface area contributed by atoms with Crippen LogP contribution < -0.4 is 10.1 Å². The minimum atomic E-state index is -4.19. The van der Waals surface area contributed by atoms with Crippen molar-refractivity contribution in [2.75, 3.05) is 53.5 Å². The van der Waals surface area contributed by atoms with Crippen LogP contribution in [0.3, 0.4) is 0 Å². The Kier molecular flexibility index (Phi) is 11.8. The Morgan fingerprint density at radius 3 is 2.33 bits per heavy atom. The number of aliphatic imine (C=N–C) groups is 1. The number of ether oxygens (including phenoxy) is 2. The van der Waals surface area contributed by atoms with E-state index in [4.69, 9.17) is 9.47 Å². The SMILES string of the molecule is CN=C(NCCCOCc1ccc(OC)cc1)N1CCN(C(C)C(F)(F)F)CC1.I. The predicted octanol–water partition coefficient (Wildman–Crippen LogP) is 3.36. The van der Waals surface area contributed by atoms with Crippen molar-refractivity contribution in [3.05, 3.63) is 29.8 Å². The predicted molar refractivity (Wildman–Crippen MR) is 123 cm³/mol. The molecule has 0 bridgehead atoms. The van der Waals surface area contributed by atoms with Crippen LogP contribution in [0.5, 0.6) is 5.75 Å². The van der Waals surface area contributed by atoms with E-state index in [0.717, 1.165) is 23.7 Å². The first kappa shape index (κ1) is 26.8. The van der Waals surface area contributed by atoms with Crippen molar-refractivity contribution in [1.29, 1.82) is 0 Å². The molecule has 10 heteroatoms. The minimum Gasteiger partial charge on any atom is -0.497 e. The van der Waals surface area contributed by atoms with E-state index in [9.17, 15) is 13.2 Å². The van der Waals surface area contributed by atoms with Crippen LogP contribution in [-0.2, 0) is 11.3 Å². The number of alkyl halides is 3. The number of nitrogens with zero attached hydrogens (tertiary/aromatic N) is 3. The van der Waals surface area contributed by atoms with Gasteiger partial charge in [0.05, 0.1) is 13.7 Å². The van der Waals surface area contributed by atoms with Crippen LogP contribution in [0.2, 0.25) is 0 Å². The van der Waals surface area contributed by atoms with Crippen molar-refractivity contribution in [1.82, 2.24) is 15.1 Å². The summed E-state index contributed by atoms with van der Waals surface area (Å²) in [5, 5.41) is 3.27. The molecule has 30 heavy (non-hydrogen) atoms. The molecule has 0 aromatic heterocycles. The zero-order chi connectivity index (χ0) is 21.3. The lowest BCUT2D eigenvalue weighted by Crippen LogP contribution is -2.56. The van der Waals surface area contributed by atoms with E-state index in [1.165, 1.54) is 11.8 Å². The van der Waals surface area contributed by atoms with Gasteiger partial charge in [-0.1, -0.05) is 12.1 Å². The maximum absolute atomic E-state index is 12.9. The van der Waals surface area contributed by atoms with Gasteiger partial charge >= 0.3 is 6.18 Å². The van der Waals surface area contributed by atoms with Gasteiger partial charge < -0.3 is 19.7 Å². The highest BCUT2D eigenvalue weighted by Gasteiger charge is 2.41. The first-order valence-corrected chi connectivity index (χ1v) is 9.82. The van der Waals surface area contributed by atoms with E-state index < -0.39 is 12.2 Å². The van der Waals surface area contributed by atoms with Gasteiger partial charge in [0.15, 0.2) is 5.96 Å². The Balaban J connectivity index is 0.00000450. The number of benzene rings is 1. The molecule has 172 valence electrons. The van der Waals surface area contributed by atoms with Crippen LogP contribution >= 0.6 is 24.0 Å². The first-order chi connectivity index (χ1) is 13.8. The molecule has 1 aromatic rings. The number of rotatable bonds is 8. The molecule has 1 aliphatic heterocycles. The summed E-state index contributed by atoms with van der Waals surface area (Å²) >= 11 is 0. The van der Waals surface area contributed by atoms with Gasteiger partial charge in [-0.15, -0.1) is 24.0 Å². The van der Waals surface area contributed by atoms with E-state index in [-0.39, 0.29) is 24.0 Å². The molecule has 1 N–H and O–H groups in total. The second-order valence-corrected chi connectivity index (χ2v) is 6.97. The standard InChI is InChI=1S/C20H31F3N4O2.HI/c1-16(20(21,22)23)26-10-12-27(13-11-26)19(24-2)25-9-4-14-29-15-17-5-7-18(28-3)8-6-17;/h5-8,16H,4,9-15H2,1-3H3,(H,24,25);1H. The van der Waals surface area contributed by atoms with Gasteiger partial charge in [-0.2, -0.15) is 13.2 Å². The summed E-state index contributed by atoms with van der Waals surface area (Å²) in [6, 6.07) is 6.33. The summed E-state index contributed by atoms with van der Waals surface area (Å²) in [5.41, 5.74) is 1.08. The average molecular weight is 544 g/mol. The number of piperazine rings is 1. The van der Waals surface area contributed by atoms with Gasteiger partial charge in [-0.05, 0) is 31.0 Å². The third kappa shape index (κ3) is 8.46. The van der Waals surface area contributed by atoms with E-state index in [1.54, 1.807) is 14.2 Å². The van der Waals surface area contributed by atoms with Crippen molar-refractivity contribution >= 4 is 29.9 Å². The van der Waals surface area contributed by atoms with Gasteiger partial charge in [0, 0.05) is 46.4 Å². The normalized spacial score (nSPS) is 16.7. The molecule has 2 rings (SSSR count). The molecule has 1 heterocycles. The molecule has 1 unspecified atom stereocenters. The van der Waals surface area contributed by atoms with Crippen LogP contribution in [0.15, 0.2) is 29.3 Å². The molecule has 6 nitrogen and oxygen atoms in total. The van der Waals surface area contributed by atoms with Gasteiger partial charge in [0.1, 0.15) is 11.8 Å². The van der Waals surface area contributed by atoms with Crippen molar-refractivity contribution in [2.24, 2.45) is 4.99 Å². The van der Waals surface area contributed by atoms with Crippen LogP contribution in [0.1, 0.15) is 18.9 Å². The Labute approximate surface area is 193 Å². The van der Waals surface area contributed by atoms with Crippen LogP contribution in [0.25, 0.3) is 0 Å². The Bertz CT molecular complexity index is 636. The van der Waals surface area contributed by atoms with Crippen LogP contribution in [0.4, 0.5) is 13.2 Å². The Hall–Kier alpha value is -1.27. The number of methoxy groups -OCH3 is 1. The topological polar surface area (TPSA) is 49.3 Å². The van der Waals surface area contributed by atoms with Crippen molar-refractivity contribution in [3.8, 4) is 5.75 Å². The first-order valence-electron chi connectivity index (χ1n) is 9.82. The summed E-state index contributed by atoms with van der Waals surface area (Å²) in [6.45, 7) is 4.83. The van der Waals surface area contributed by atoms with E-state index in [2.05, 4.69) is 10.3 Å². The second-order valence-electron chi connectivity index (χ2n) is 6.97. The average Bonchev–Trinajstić information content (AvgIpc) is 2.72. The Morgan fingerprint density at radius 1 is 1.17 bits per heavy atom. The zero-order valence-corrected chi connectivity index (χ0v) is 20.1. The monoisotopic (exact) mass is 544 g/mol. The molecule has 1 aliphatic rings. The summed E-state index contributed by atoms with van der Waals surface area (Å²) < 4.78 is 49.4. The van der Waals surface area contributed by atoms with Gasteiger partial charge in [0.25, 0.3) is 0 Å². The lowest BCUT2D eigenvalue weighted by molar-refractivity contribution is -0.181. The number of hydrogen-bond donors (Lipinski definition) is 1. The molecule has 0 saturated carbocycles. The Morgan fingerprint density at radius 2 is 1.80 bits per heavy atom. The van der Waals surface area contributed by atoms with Crippen LogP contribution in [-0.4, -0.2) is 81.5 Å². The van der Waals surface area contributed by atoms with Gasteiger partial charge in [-0.3, -0.25) is 9.89 Å². The van der Waals surface area contributed by atoms with E-state index >= 15 is 0 Å². The summed E-state index contributed by atoms with van der Waals surface area (Å²) in [4.78, 5) is 7.72. The molecule has 0 radical (unpaired) electrons. The maximum atomic E-state index is 12.9. The highest BCUT2D eigenvalue weighted by atomic mass is 127. The fourth-order valence-electron chi connectivity index (χ4n) is 3.15. The third-order valence-electron chi connectivity index (χ3n) is 5.02. The fourth-order valence-corrected chi connectivity index (χ4v) is 3.15. The third-order valence-corrected chi connectivity index (χ3v) is 5.02. The molecular weight excluding hydrogens is 512 g/mol. The highest BCUT2D eigenvalue weighted by molar-refractivity contribution is 14.0. The molecular formula is C20H32F3IN4O2. The smallest absolute Gasteiger partial charge is 0.403 e. The molecule has 1 saturated heterocycles. The largest absolute Gasteiger partial charge is 0.497 e. The lowest BCUT2D eigenvalue weighted by Gasteiger charge is -2.39. The van der Waals surface area contributed by atoms with Gasteiger partial charge in [0.2, 0.25) is 0 Å². The maximum Gasteiger partial charge on any atom is 0.403 e. The minimum absolute atomic E-state index is 0. The van der Waals surface area contributed by atoms with Crippen molar-refractivity contribution in [2.45, 2.75) is 32.2 Å². The van der Waals surface area contributed by atoms with E-state index in [1.807, 2.05) is 29.2 Å². The number of nitrogens with one attached hydrogen (secondary N) is 1. The number of halogens is 4. The number of hydrogen-bond acceptors (Lipinski definition) is 4. The zero-order valence-electron chi connectivity index (χ0n) is 17.7. The van der Waals surface area contributed by atoms with Crippen molar-refractivity contribution in [3.63, 3.8) is 0 Å². The molecule has 0 amide bonds. The molecule has 0 spiro atoms. The highest BCUT2D eigenvalue weighted by Crippen LogP contribution is 2.25. The van der Waals surface area contributed by atoms with E-state index in [0.29, 0.717) is 45.9 Å². The second kappa shape index (κ2) is 13.2. The van der Waals surface area contributed by atoms with Crippen LogP contribution in [0, 0.1) is 0 Å². The fraction of sp³-hybridized carbons (Fsp3) is 0.650. The molecule has 0 aliphatic carbocycles. The summed E-state index contributed by atoms with van der Waals surface area (Å²) in [7, 11) is 3.32. The summed E-state index contributed by atoms with van der Waals surface area (Å²) in [6.07, 6.45) is -3.38. The number of guanidine groups is 1. The molecule has 1 fully saturated rings. The van der Waals surface area contributed by atoms with Gasteiger partial charge in [-0.25, -0.2) is 0 Å². The molecule has 1 atom stereocenters.